The molecule has 7 nitrogen and oxygen atoms in total. The Hall–Kier alpha value is -1.22. The summed E-state index contributed by atoms with van der Waals surface area (Å²) >= 11 is 0. The predicted octanol–water partition coefficient (Wildman–Crippen LogP) is 0.183. The van der Waals surface area contributed by atoms with E-state index in [0.29, 0.717) is 5.82 Å². The number of rotatable bonds is 2. The standard InChI is InChI=1S/C6H8N4.H3O3P/c1-2-5(3-7)6-8-4-9-10-6;1-4(2)3/h4-5H,2H2,1H3,(H,8,9,10);4H,(H2,1,2,3). The Morgan fingerprint density at radius 1 is 1.79 bits per heavy atom. The number of H-pyrrole nitrogens is 1. The van der Waals surface area contributed by atoms with Crippen LogP contribution in [0.25, 0.3) is 0 Å². The first-order valence-electron chi connectivity index (χ1n) is 3.79. The lowest BCUT2D eigenvalue weighted by atomic mass is 10.1. The number of aromatic nitrogens is 3. The van der Waals surface area contributed by atoms with Crippen LogP contribution < -0.4 is 0 Å². The Morgan fingerprint density at radius 3 is 2.64 bits per heavy atom. The average molecular weight is 218 g/mol. The van der Waals surface area contributed by atoms with Crippen LogP contribution in [0, 0.1) is 11.3 Å². The minimum Gasteiger partial charge on any atom is -0.326 e. The molecule has 0 amide bonds. The van der Waals surface area contributed by atoms with Crippen molar-refractivity contribution in [2.45, 2.75) is 19.3 Å². The van der Waals surface area contributed by atoms with Crippen molar-refractivity contribution in [3.05, 3.63) is 12.2 Å². The first-order valence-corrected chi connectivity index (χ1v) is 5.09. The molecule has 0 aliphatic rings. The minimum absolute atomic E-state index is 0.161. The summed E-state index contributed by atoms with van der Waals surface area (Å²) in [5.41, 5.74) is 0. The third kappa shape index (κ3) is 5.43. The van der Waals surface area contributed by atoms with Crippen molar-refractivity contribution in [3.8, 4) is 6.07 Å². The van der Waals surface area contributed by atoms with Crippen molar-refractivity contribution in [2.75, 3.05) is 0 Å². The lowest BCUT2D eigenvalue weighted by Gasteiger charge is -1.96. The summed E-state index contributed by atoms with van der Waals surface area (Å²) in [5.74, 6) is 0.427. The molecule has 1 unspecified atom stereocenters. The van der Waals surface area contributed by atoms with Gasteiger partial charge in [-0.25, -0.2) is 4.98 Å². The fourth-order valence-corrected chi connectivity index (χ4v) is 0.718. The number of nitriles is 1. The summed E-state index contributed by atoms with van der Waals surface area (Å²) in [4.78, 5) is 18.2. The zero-order chi connectivity index (χ0) is 11.0. The molecule has 0 spiro atoms. The van der Waals surface area contributed by atoms with E-state index in [4.69, 9.17) is 19.6 Å². The lowest BCUT2D eigenvalue weighted by molar-refractivity contribution is 0.405. The first kappa shape index (κ1) is 12.8. The van der Waals surface area contributed by atoms with Crippen LogP contribution in [-0.2, 0) is 4.57 Å². The molecule has 1 aromatic heterocycles. The van der Waals surface area contributed by atoms with Gasteiger partial charge in [0.05, 0.1) is 6.07 Å². The van der Waals surface area contributed by atoms with E-state index in [0.717, 1.165) is 6.42 Å². The summed E-state index contributed by atoms with van der Waals surface area (Å²) in [5, 5.41) is 14.9. The van der Waals surface area contributed by atoms with E-state index in [9.17, 15) is 0 Å². The van der Waals surface area contributed by atoms with Crippen LogP contribution in [0.5, 0.6) is 0 Å². The molecular weight excluding hydrogens is 207 g/mol. The highest BCUT2D eigenvalue weighted by Gasteiger charge is 2.10. The molecule has 0 aliphatic heterocycles. The summed E-state index contributed by atoms with van der Waals surface area (Å²) < 4.78 is 8.74. The Bertz CT molecular complexity index is 303. The largest absolute Gasteiger partial charge is 0.326 e. The Morgan fingerprint density at radius 2 is 2.36 bits per heavy atom. The first-order chi connectivity index (χ1) is 6.61. The second-order valence-electron chi connectivity index (χ2n) is 2.23. The van der Waals surface area contributed by atoms with E-state index in [-0.39, 0.29) is 5.92 Å². The smallest absolute Gasteiger partial charge is 0.314 e. The molecule has 1 rings (SSSR count). The number of nitrogens with one attached hydrogen (secondary N) is 1. The van der Waals surface area contributed by atoms with Crippen molar-refractivity contribution in [1.29, 1.82) is 5.26 Å². The van der Waals surface area contributed by atoms with Crippen molar-refractivity contribution in [1.82, 2.24) is 15.2 Å². The number of hydrogen-bond acceptors (Lipinski definition) is 4. The topological polar surface area (TPSA) is 123 Å². The summed E-state index contributed by atoms with van der Waals surface area (Å²) in [6.07, 6.45) is 2.24. The van der Waals surface area contributed by atoms with Crippen LogP contribution in [-0.4, -0.2) is 25.0 Å². The summed E-state index contributed by atoms with van der Waals surface area (Å²) in [6, 6.07) is 2.11. The van der Waals surface area contributed by atoms with E-state index >= 15 is 0 Å². The molecule has 1 heterocycles. The Labute approximate surface area is 81.4 Å². The molecule has 0 bridgehead atoms. The molecule has 0 aromatic carbocycles. The quantitative estimate of drug-likeness (QED) is 0.608. The fraction of sp³-hybridized carbons (Fsp3) is 0.500. The predicted molar refractivity (Wildman–Crippen MR) is 48.5 cm³/mol. The van der Waals surface area contributed by atoms with Crippen LogP contribution >= 0.6 is 8.25 Å². The number of aromatic amines is 1. The molecule has 1 aromatic rings. The van der Waals surface area contributed by atoms with Crippen LogP contribution in [0.15, 0.2) is 6.33 Å². The molecule has 14 heavy (non-hydrogen) atoms. The van der Waals surface area contributed by atoms with Crippen LogP contribution in [0.1, 0.15) is 25.1 Å². The Kier molecular flexibility index (Phi) is 6.58. The normalized spacial score (nSPS) is 11.4. The molecule has 0 saturated heterocycles. The molecular formula is C6H11N4O3P. The van der Waals surface area contributed by atoms with Gasteiger partial charge < -0.3 is 9.79 Å². The number of nitrogens with zero attached hydrogens (tertiary/aromatic N) is 3. The van der Waals surface area contributed by atoms with Crippen molar-refractivity contribution >= 4 is 8.25 Å². The monoisotopic (exact) mass is 218 g/mol. The molecule has 78 valence electrons. The summed E-state index contributed by atoms with van der Waals surface area (Å²) in [7, 11) is -3.13. The molecule has 3 N–H and O–H groups in total. The lowest BCUT2D eigenvalue weighted by Crippen LogP contribution is -1.95. The van der Waals surface area contributed by atoms with E-state index in [1.165, 1.54) is 6.33 Å². The number of hydrogen-bond donors (Lipinski definition) is 3. The minimum atomic E-state index is -3.13. The van der Waals surface area contributed by atoms with Gasteiger partial charge in [0.25, 0.3) is 0 Å². The van der Waals surface area contributed by atoms with Gasteiger partial charge in [-0.05, 0) is 6.42 Å². The van der Waals surface area contributed by atoms with E-state index in [1.54, 1.807) is 0 Å². The maximum absolute atomic E-state index is 8.74. The molecule has 0 saturated carbocycles. The fourth-order valence-electron chi connectivity index (χ4n) is 0.718. The highest BCUT2D eigenvalue weighted by Crippen LogP contribution is 2.11. The van der Waals surface area contributed by atoms with Crippen LogP contribution in [0.3, 0.4) is 0 Å². The Balaban J connectivity index is 0.000000364. The van der Waals surface area contributed by atoms with Gasteiger partial charge in [0, 0.05) is 0 Å². The van der Waals surface area contributed by atoms with Gasteiger partial charge in [0.15, 0.2) is 5.82 Å². The molecule has 0 fully saturated rings. The van der Waals surface area contributed by atoms with Gasteiger partial charge in [-0.3, -0.25) is 9.66 Å². The van der Waals surface area contributed by atoms with Gasteiger partial charge in [0.2, 0.25) is 0 Å². The highest BCUT2D eigenvalue weighted by molar-refractivity contribution is 7.30. The maximum atomic E-state index is 8.74. The third-order valence-corrected chi connectivity index (χ3v) is 1.31. The van der Waals surface area contributed by atoms with E-state index in [2.05, 4.69) is 21.3 Å². The molecule has 0 radical (unpaired) electrons. The van der Waals surface area contributed by atoms with Gasteiger partial charge in [0.1, 0.15) is 12.2 Å². The van der Waals surface area contributed by atoms with E-state index in [1.807, 2.05) is 6.92 Å². The highest BCUT2D eigenvalue weighted by atomic mass is 31.1. The van der Waals surface area contributed by atoms with Gasteiger partial charge in [-0.1, -0.05) is 6.92 Å². The van der Waals surface area contributed by atoms with Crippen molar-refractivity contribution in [3.63, 3.8) is 0 Å². The van der Waals surface area contributed by atoms with E-state index < -0.39 is 8.25 Å². The van der Waals surface area contributed by atoms with Crippen molar-refractivity contribution < 1.29 is 14.4 Å². The SMILES string of the molecule is CCC(C#N)c1nc[nH]n1.O=[PH](O)O. The molecule has 0 aliphatic carbocycles. The van der Waals surface area contributed by atoms with Gasteiger partial charge in [-0.2, -0.15) is 10.4 Å². The maximum Gasteiger partial charge on any atom is 0.314 e. The molecule has 8 heteroatoms. The van der Waals surface area contributed by atoms with Crippen molar-refractivity contribution in [2.24, 2.45) is 0 Å². The zero-order valence-corrected chi connectivity index (χ0v) is 8.51. The molecule has 1 atom stereocenters. The zero-order valence-electron chi connectivity index (χ0n) is 7.51. The van der Waals surface area contributed by atoms with Gasteiger partial charge in [-0.15, -0.1) is 0 Å². The van der Waals surface area contributed by atoms with Gasteiger partial charge >= 0.3 is 8.25 Å². The second-order valence-corrected chi connectivity index (χ2v) is 2.79. The average Bonchev–Trinajstić information content (AvgIpc) is 2.58. The second kappa shape index (κ2) is 7.21. The third-order valence-electron chi connectivity index (χ3n) is 1.31. The van der Waals surface area contributed by atoms with Crippen LogP contribution in [0.2, 0.25) is 0 Å². The van der Waals surface area contributed by atoms with Crippen LogP contribution in [0.4, 0.5) is 0 Å². The summed E-state index contributed by atoms with van der Waals surface area (Å²) in [6.45, 7) is 1.93.